The molecule has 2 nitrogen and oxygen atoms in total. The second-order valence-electron chi connectivity index (χ2n) is 5.26. The molecule has 1 atom stereocenters. The highest BCUT2D eigenvalue weighted by molar-refractivity contribution is 4.76. The summed E-state index contributed by atoms with van der Waals surface area (Å²) in [5, 5.41) is 3.42. The van der Waals surface area contributed by atoms with Crippen LogP contribution in [0.4, 0.5) is 0 Å². The van der Waals surface area contributed by atoms with Crippen molar-refractivity contribution in [1.29, 1.82) is 0 Å². The van der Waals surface area contributed by atoms with E-state index in [2.05, 4.69) is 31.0 Å². The zero-order valence-electron chi connectivity index (χ0n) is 11.5. The third-order valence-electron chi connectivity index (χ3n) is 3.96. The molecule has 0 radical (unpaired) electrons. The van der Waals surface area contributed by atoms with Crippen molar-refractivity contribution >= 4 is 0 Å². The minimum atomic E-state index is 0.765. The van der Waals surface area contributed by atoms with Crippen molar-refractivity contribution in [2.24, 2.45) is 5.92 Å². The van der Waals surface area contributed by atoms with Gasteiger partial charge in [0.25, 0.3) is 0 Å². The van der Waals surface area contributed by atoms with E-state index in [4.69, 9.17) is 0 Å². The van der Waals surface area contributed by atoms with E-state index in [1.165, 1.54) is 51.7 Å². The van der Waals surface area contributed by atoms with Crippen molar-refractivity contribution < 1.29 is 0 Å². The molecule has 96 valence electrons. The van der Waals surface area contributed by atoms with Gasteiger partial charge in [-0.1, -0.05) is 26.7 Å². The second kappa shape index (κ2) is 8.08. The molecule has 0 bridgehead atoms. The summed E-state index contributed by atoms with van der Waals surface area (Å²) in [6, 6.07) is 0.765. The molecule has 1 unspecified atom stereocenters. The summed E-state index contributed by atoms with van der Waals surface area (Å²) < 4.78 is 0. The molecule has 0 spiro atoms. The third kappa shape index (κ3) is 4.84. The van der Waals surface area contributed by atoms with Crippen LogP contribution in [0.15, 0.2) is 0 Å². The Kier molecular flexibility index (Phi) is 7.06. The Morgan fingerprint density at radius 3 is 2.50 bits per heavy atom. The maximum absolute atomic E-state index is 3.42. The zero-order valence-corrected chi connectivity index (χ0v) is 11.5. The summed E-state index contributed by atoms with van der Waals surface area (Å²) in [6.45, 7) is 11.8. The van der Waals surface area contributed by atoms with Crippen molar-refractivity contribution in [3.8, 4) is 0 Å². The highest BCUT2D eigenvalue weighted by Crippen LogP contribution is 2.23. The molecule has 0 aromatic rings. The van der Waals surface area contributed by atoms with Gasteiger partial charge in [0, 0.05) is 6.04 Å². The lowest BCUT2D eigenvalue weighted by molar-refractivity contribution is 0.131. The molecule has 1 aliphatic rings. The molecule has 0 aromatic heterocycles. The maximum Gasteiger partial charge on any atom is 0.00790 e. The fraction of sp³-hybridized carbons (Fsp3) is 1.00. The molecule has 1 rings (SSSR count). The van der Waals surface area contributed by atoms with Crippen LogP contribution in [0, 0.1) is 5.92 Å². The van der Waals surface area contributed by atoms with Gasteiger partial charge in [0.05, 0.1) is 0 Å². The smallest absolute Gasteiger partial charge is 0.00790 e. The lowest BCUT2D eigenvalue weighted by atomic mass is 9.91. The molecule has 1 aliphatic heterocycles. The van der Waals surface area contributed by atoms with Crippen LogP contribution in [0.2, 0.25) is 0 Å². The standard InChI is InChI=1S/C14H30N2/c1-4-6-14-8-11-16(12-9-14)13(3)7-10-15-5-2/h13-15H,4-12H2,1-3H3. The molecule has 0 saturated carbocycles. The van der Waals surface area contributed by atoms with Crippen LogP contribution in [0.5, 0.6) is 0 Å². The van der Waals surface area contributed by atoms with Gasteiger partial charge < -0.3 is 10.2 Å². The summed E-state index contributed by atoms with van der Waals surface area (Å²) in [4.78, 5) is 2.68. The first kappa shape index (κ1) is 14.0. The summed E-state index contributed by atoms with van der Waals surface area (Å²) in [5.41, 5.74) is 0. The number of rotatable bonds is 7. The highest BCUT2D eigenvalue weighted by Gasteiger charge is 2.21. The minimum Gasteiger partial charge on any atom is -0.317 e. The van der Waals surface area contributed by atoms with Gasteiger partial charge >= 0.3 is 0 Å². The normalized spacial score (nSPS) is 21.2. The van der Waals surface area contributed by atoms with Crippen LogP contribution in [-0.4, -0.2) is 37.1 Å². The van der Waals surface area contributed by atoms with E-state index < -0.39 is 0 Å². The molecule has 1 saturated heterocycles. The summed E-state index contributed by atoms with van der Waals surface area (Å²) in [7, 11) is 0. The fourth-order valence-electron chi connectivity index (χ4n) is 2.76. The van der Waals surface area contributed by atoms with Crippen molar-refractivity contribution in [3.63, 3.8) is 0 Å². The van der Waals surface area contributed by atoms with Crippen molar-refractivity contribution in [3.05, 3.63) is 0 Å². The molecule has 1 fully saturated rings. The molecular weight excluding hydrogens is 196 g/mol. The highest BCUT2D eigenvalue weighted by atomic mass is 15.2. The Bertz CT molecular complexity index is 162. The average molecular weight is 226 g/mol. The molecule has 2 heteroatoms. The van der Waals surface area contributed by atoms with Crippen LogP contribution in [-0.2, 0) is 0 Å². The zero-order chi connectivity index (χ0) is 11.8. The van der Waals surface area contributed by atoms with Gasteiger partial charge in [0.2, 0.25) is 0 Å². The van der Waals surface area contributed by atoms with Crippen LogP contribution < -0.4 is 5.32 Å². The number of hydrogen-bond acceptors (Lipinski definition) is 2. The number of hydrogen-bond donors (Lipinski definition) is 1. The number of likely N-dealkylation sites (tertiary alicyclic amines) is 1. The van der Waals surface area contributed by atoms with Gasteiger partial charge in [0.1, 0.15) is 0 Å². The Balaban J connectivity index is 2.14. The quantitative estimate of drug-likeness (QED) is 0.672. The van der Waals surface area contributed by atoms with Gasteiger partial charge in [0.15, 0.2) is 0 Å². The monoisotopic (exact) mass is 226 g/mol. The Hall–Kier alpha value is -0.0800. The predicted molar refractivity (Wildman–Crippen MR) is 71.8 cm³/mol. The van der Waals surface area contributed by atoms with Crippen LogP contribution in [0.3, 0.4) is 0 Å². The van der Waals surface area contributed by atoms with Crippen LogP contribution in [0.1, 0.15) is 52.9 Å². The third-order valence-corrected chi connectivity index (χ3v) is 3.96. The molecule has 0 aliphatic carbocycles. The molecule has 0 amide bonds. The van der Waals surface area contributed by atoms with Gasteiger partial charge in [-0.2, -0.15) is 0 Å². The lowest BCUT2D eigenvalue weighted by Crippen LogP contribution is -2.41. The molecule has 0 aromatic carbocycles. The van der Waals surface area contributed by atoms with E-state index in [0.717, 1.165) is 18.5 Å². The predicted octanol–water partition coefficient (Wildman–Crippen LogP) is 2.89. The molecule has 1 heterocycles. The molecular formula is C14H30N2. The first-order valence-electron chi connectivity index (χ1n) is 7.22. The van der Waals surface area contributed by atoms with E-state index in [9.17, 15) is 0 Å². The van der Waals surface area contributed by atoms with E-state index in [0.29, 0.717) is 0 Å². The minimum absolute atomic E-state index is 0.765. The van der Waals surface area contributed by atoms with Crippen LogP contribution >= 0.6 is 0 Å². The largest absolute Gasteiger partial charge is 0.317 e. The average Bonchev–Trinajstić information content (AvgIpc) is 2.30. The first-order chi connectivity index (χ1) is 7.77. The summed E-state index contributed by atoms with van der Waals surface area (Å²) >= 11 is 0. The topological polar surface area (TPSA) is 15.3 Å². The molecule has 16 heavy (non-hydrogen) atoms. The Morgan fingerprint density at radius 1 is 1.25 bits per heavy atom. The Labute approximate surface area is 102 Å². The Morgan fingerprint density at radius 2 is 1.94 bits per heavy atom. The van der Waals surface area contributed by atoms with Crippen molar-refractivity contribution in [2.45, 2.75) is 58.9 Å². The SMILES string of the molecule is CCCC1CCN(C(C)CCNCC)CC1. The van der Waals surface area contributed by atoms with Gasteiger partial charge in [-0.25, -0.2) is 0 Å². The first-order valence-corrected chi connectivity index (χ1v) is 7.22. The summed E-state index contributed by atoms with van der Waals surface area (Å²) in [6.07, 6.45) is 6.96. The molecule has 1 N–H and O–H groups in total. The summed E-state index contributed by atoms with van der Waals surface area (Å²) in [5.74, 6) is 1.02. The lowest BCUT2D eigenvalue weighted by Gasteiger charge is -2.36. The van der Waals surface area contributed by atoms with E-state index in [-0.39, 0.29) is 0 Å². The number of piperidine rings is 1. The van der Waals surface area contributed by atoms with E-state index in [1.54, 1.807) is 0 Å². The van der Waals surface area contributed by atoms with Crippen LogP contribution in [0.25, 0.3) is 0 Å². The number of nitrogens with one attached hydrogen (secondary N) is 1. The van der Waals surface area contributed by atoms with Gasteiger partial charge in [-0.15, -0.1) is 0 Å². The van der Waals surface area contributed by atoms with Crippen molar-refractivity contribution in [2.75, 3.05) is 26.2 Å². The van der Waals surface area contributed by atoms with Crippen molar-refractivity contribution in [1.82, 2.24) is 10.2 Å². The van der Waals surface area contributed by atoms with E-state index >= 15 is 0 Å². The number of nitrogens with zero attached hydrogens (tertiary/aromatic N) is 1. The van der Waals surface area contributed by atoms with Gasteiger partial charge in [-0.3, -0.25) is 0 Å². The fourth-order valence-corrected chi connectivity index (χ4v) is 2.76. The van der Waals surface area contributed by atoms with Gasteiger partial charge in [-0.05, 0) is 58.3 Å². The van der Waals surface area contributed by atoms with E-state index in [1.807, 2.05) is 0 Å². The second-order valence-corrected chi connectivity index (χ2v) is 5.26. The maximum atomic E-state index is 3.42.